The van der Waals surface area contributed by atoms with Gasteiger partial charge in [-0.1, -0.05) is 0 Å². The fourth-order valence-corrected chi connectivity index (χ4v) is 1.49. The number of nitrogens with two attached hydrogens (primary N) is 1. The summed E-state index contributed by atoms with van der Waals surface area (Å²) in [6.45, 7) is 1.95. The average Bonchev–Trinajstić information content (AvgIpc) is 2.36. The molecular weight excluding hydrogens is 251 g/mol. The van der Waals surface area contributed by atoms with Crippen molar-refractivity contribution in [3.05, 3.63) is 29.6 Å². The van der Waals surface area contributed by atoms with Crippen LogP contribution >= 0.6 is 0 Å². The normalized spacial score (nSPS) is 13.9. The zero-order valence-corrected chi connectivity index (χ0v) is 11.1. The van der Waals surface area contributed by atoms with Crippen LogP contribution in [0.2, 0.25) is 0 Å². The SMILES string of the molecule is COCCC(C)(O)CNC(=O)c1cc(N)ccc1F. The lowest BCUT2D eigenvalue weighted by atomic mass is 10.0. The minimum absolute atomic E-state index is 0.00341. The summed E-state index contributed by atoms with van der Waals surface area (Å²) in [5.74, 6) is -1.26. The van der Waals surface area contributed by atoms with Crippen LogP contribution in [0.4, 0.5) is 10.1 Å². The number of hydrogen-bond acceptors (Lipinski definition) is 4. The number of ether oxygens (including phenoxy) is 1. The van der Waals surface area contributed by atoms with E-state index >= 15 is 0 Å². The van der Waals surface area contributed by atoms with Crippen LogP contribution in [0.1, 0.15) is 23.7 Å². The first-order chi connectivity index (χ1) is 8.85. The molecule has 0 saturated heterocycles. The van der Waals surface area contributed by atoms with Crippen LogP contribution in [0.5, 0.6) is 0 Å². The summed E-state index contributed by atoms with van der Waals surface area (Å²) in [7, 11) is 1.52. The predicted molar refractivity (Wildman–Crippen MR) is 70.3 cm³/mol. The Morgan fingerprint density at radius 3 is 2.89 bits per heavy atom. The van der Waals surface area contributed by atoms with E-state index in [9.17, 15) is 14.3 Å². The molecule has 1 unspecified atom stereocenters. The number of benzene rings is 1. The Labute approximate surface area is 111 Å². The van der Waals surface area contributed by atoms with E-state index in [0.29, 0.717) is 18.7 Å². The van der Waals surface area contributed by atoms with E-state index in [1.54, 1.807) is 6.92 Å². The van der Waals surface area contributed by atoms with Crippen LogP contribution in [0, 0.1) is 5.82 Å². The number of amides is 1. The molecule has 0 aliphatic heterocycles. The number of anilines is 1. The van der Waals surface area contributed by atoms with Crippen molar-refractivity contribution in [3.63, 3.8) is 0 Å². The van der Waals surface area contributed by atoms with Gasteiger partial charge in [-0.25, -0.2) is 4.39 Å². The van der Waals surface area contributed by atoms with Gasteiger partial charge in [-0.15, -0.1) is 0 Å². The van der Waals surface area contributed by atoms with Crippen molar-refractivity contribution in [2.45, 2.75) is 18.9 Å². The molecule has 1 aromatic carbocycles. The van der Waals surface area contributed by atoms with Gasteiger partial charge in [0.2, 0.25) is 0 Å². The molecule has 0 saturated carbocycles. The maximum absolute atomic E-state index is 13.4. The molecule has 1 rings (SSSR count). The van der Waals surface area contributed by atoms with Crippen LogP contribution in [-0.4, -0.2) is 36.9 Å². The number of aliphatic hydroxyl groups is 1. The van der Waals surface area contributed by atoms with E-state index in [0.717, 1.165) is 6.07 Å². The van der Waals surface area contributed by atoms with Gasteiger partial charge < -0.3 is 20.9 Å². The Hall–Kier alpha value is -1.66. The van der Waals surface area contributed by atoms with Crippen molar-refractivity contribution in [2.24, 2.45) is 0 Å². The molecule has 0 spiro atoms. The molecule has 0 heterocycles. The number of methoxy groups -OCH3 is 1. The lowest BCUT2D eigenvalue weighted by Gasteiger charge is -2.23. The third-order valence-electron chi connectivity index (χ3n) is 2.71. The van der Waals surface area contributed by atoms with Gasteiger partial charge in [-0.3, -0.25) is 4.79 Å². The highest BCUT2D eigenvalue weighted by atomic mass is 19.1. The second-order valence-corrected chi connectivity index (χ2v) is 4.66. The summed E-state index contributed by atoms with van der Waals surface area (Å²) in [6.07, 6.45) is 0.364. The number of halogens is 1. The van der Waals surface area contributed by atoms with Crippen molar-refractivity contribution in [2.75, 3.05) is 26.0 Å². The highest BCUT2D eigenvalue weighted by molar-refractivity contribution is 5.95. The van der Waals surface area contributed by atoms with Gasteiger partial charge in [-0.05, 0) is 25.1 Å². The molecule has 0 aromatic heterocycles. The van der Waals surface area contributed by atoms with Crippen LogP contribution in [0.15, 0.2) is 18.2 Å². The molecule has 0 fully saturated rings. The third-order valence-corrected chi connectivity index (χ3v) is 2.71. The minimum atomic E-state index is -1.11. The monoisotopic (exact) mass is 270 g/mol. The van der Waals surface area contributed by atoms with E-state index in [1.165, 1.54) is 19.2 Å². The summed E-state index contributed by atoms with van der Waals surface area (Å²) in [6, 6.07) is 3.77. The number of nitrogens with one attached hydrogen (secondary N) is 1. The third kappa shape index (κ3) is 4.84. The number of nitrogen functional groups attached to an aromatic ring is 1. The highest BCUT2D eigenvalue weighted by Gasteiger charge is 2.22. The van der Waals surface area contributed by atoms with Gasteiger partial charge in [0.05, 0.1) is 11.2 Å². The molecular formula is C13H19FN2O3. The summed E-state index contributed by atoms with van der Waals surface area (Å²) in [5, 5.41) is 12.4. The Kier molecular flexibility index (Phi) is 5.26. The van der Waals surface area contributed by atoms with Crippen molar-refractivity contribution in [1.29, 1.82) is 0 Å². The Morgan fingerprint density at radius 2 is 2.26 bits per heavy atom. The molecule has 0 bridgehead atoms. The smallest absolute Gasteiger partial charge is 0.254 e. The molecule has 1 amide bonds. The predicted octanol–water partition coefficient (Wildman–Crippen LogP) is 0.925. The number of carbonyl (C=O) groups excluding carboxylic acids is 1. The zero-order valence-electron chi connectivity index (χ0n) is 11.1. The summed E-state index contributed by atoms with van der Waals surface area (Å²) < 4.78 is 18.3. The molecule has 5 nitrogen and oxygen atoms in total. The summed E-state index contributed by atoms with van der Waals surface area (Å²) in [4.78, 5) is 11.8. The van der Waals surface area contributed by atoms with E-state index < -0.39 is 17.3 Å². The molecule has 6 heteroatoms. The average molecular weight is 270 g/mol. The maximum Gasteiger partial charge on any atom is 0.254 e. The van der Waals surface area contributed by atoms with E-state index in [1.807, 2.05) is 0 Å². The van der Waals surface area contributed by atoms with Crippen molar-refractivity contribution >= 4 is 11.6 Å². The van der Waals surface area contributed by atoms with Crippen molar-refractivity contribution in [1.82, 2.24) is 5.32 Å². The molecule has 1 atom stereocenters. The van der Waals surface area contributed by atoms with Crippen molar-refractivity contribution in [3.8, 4) is 0 Å². The van der Waals surface area contributed by atoms with Gasteiger partial charge in [0.1, 0.15) is 5.82 Å². The molecule has 0 aliphatic rings. The van der Waals surface area contributed by atoms with E-state index in [4.69, 9.17) is 10.5 Å². The van der Waals surface area contributed by atoms with Crippen molar-refractivity contribution < 1.29 is 19.0 Å². The highest BCUT2D eigenvalue weighted by Crippen LogP contribution is 2.13. The Balaban J connectivity index is 2.62. The topological polar surface area (TPSA) is 84.6 Å². The number of rotatable bonds is 6. The van der Waals surface area contributed by atoms with Gasteiger partial charge in [0.15, 0.2) is 0 Å². The summed E-state index contributed by atoms with van der Waals surface area (Å²) in [5.41, 5.74) is 4.56. The molecule has 19 heavy (non-hydrogen) atoms. The van der Waals surface area contributed by atoms with Crippen LogP contribution in [-0.2, 0) is 4.74 Å². The first-order valence-electron chi connectivity index (χ1n) is 5.90. The Bertz CT molecular complexity index is 450. The van der Waals surface area contributed by atoms with Gasteiger partial charge in [0.25, 0.3) is 5.91 Å². The Morgan fingerprint density at radius 1 is 1.58 bits per heavy atom. The second kappa shape index (κ2) is 6.49. The standard InChI is InChI=1S/C13H19FN2O3/c1-13(18,5-6-19-2)8-16-12(17)10-7-9(15)3-4-11(10)14/h3-4,7,18H,5-6,8,15H2,1-2H3,(H,16,17). The fraction of sp³-hybridized carbons (Fsp3) is 0.462. The first kappa shape index (κ1) is 15.4. The quantitative estimate of drug-likeness (QED) is 0.671. The van der Waals surface area contributed by atoms with Gasteiger partial charge in [0, 0.05) is 32.4 Å². The number of hydrogen-bond donors (Lipinski definition) is 3. The van der Waals surface area contributed by atoms with Gasteiger partial charge >= 0.3 is 0 Å². The molecule has 0 radical (unpaired) electrons. The largest absolute Gasteiger partial charge is 0.399 e. The van der Waals surface area contributed by atoms with E-state index in [2.05, 4.69) is 5.32 Å². The van der Waals surface area contributed by atoms with E-state index in [-0.39, 0.29) is 12.1 Å². The first-order valence-corrected chi connectivity index (χ1v) is 5.90. The van der Waals surface area contributed by atoms with Gasteiger partial charge in [-0.2, -0.15) is 0 Å². The molecule has 106 valence electrons. The lowest BCUT2D eigenvalue weighted by Crippen LogP contribution is -2.41. The summed E-state index contributed by atoms with van der Waals surface area (Å²) >= 11 is 0. The molecule has 4 N–H and O–H groups in total. The number of carbonyl (C=O) groups is 1. The van der Waals surface area contributed by atoms with Crippen LogP contribution in [0.3, 0.4) is 0 Å². The van der Waals surface area contributed by atoms with Crippen LogP contribution < -0.4 is 11.1 Å². The molecule has 0 aliphatic carbocycles. The maximum atomic E-state index is 13.4. The lowest BCUT2D eigenvalue weighted by molar-refractivity contribution is 0.0243. The zero-order chi connectivity index (χ0) is 14.5. The fourth-order valence-electron chi connectivity index (χ4n) is 1.49. The second-order valence-electron chi connectivity index (χ2n) is 4.66. The minimum Gasteiger partial charge on any atom is -0.399 e. The molecule has 1 aromatic rings. The van der Waals surface area contributed by atoms with Crippen LogP contribution in [0.25, 0.3) is 0 Å².